The van der Waals surface area contributed by atoms with E-state index in [2.05, 4.69) is 0 Å². The van der Waals surface area contributed by atoms with Crippen molar-refractivity contribution in [2.45, 2.75) is 12.5 Å². The van der Waals surface area contributed by atoms with E-state index in [9.17, 15) is 14.7 Å². The molecule has 0 radical (unpaired) electrons. The van der Waals surface area contributed by atoms with Crippen molar-refractivity contribution in [2.24, 2.45) is 5.92 Å². The summed E-state index contributed by atoms with van der Waals surface area (Å²) in [6.07, 6.45) is -0.507. The molecule has 2 aromatic rings. The van der Waals surface area contributed by atoms with Crippen LogP contribution in [0.15, 0.2) is 54.6 Å². The van der Waals surface area contributed by atoms with Crippen molar-refractivity contribution in [1.29, 1.82) is 0 Å². The van der Waals surface area contributed by atoms with Crippen LogP contribution in [0.5, 0.6) is 0 Å². The second-order valence-corrected chi connectivity index (χ2v) is 6.13. The number of hydrogen-bond acceptors (Lipinski definition) is 4. The number of anilines is 1. The minimum absolute atomic E-state index is 0.113. The normalized spacial score (nSPS) is 19.6. The molecule has 1 aliphatic heterocycles. The molecule has 0 aromatic heterocycles. The zero-order valence-corrected chi connectivity index (χ0v) is 13.7. The van der Waals surface area contributed by atoms with Crippen LogP contribution in [0, 0.1) is 5.92 Å². The van der Waals surface area contributed by atoms with Crippen molar-refractivity contribution in [3.63, 3.8) is 0 Å². The quantitative estimate of drug-likeness (QED) is 0.835. The molecule has 0 bridgehead atoms. The average Bonchev–Trinajstić information content (AvgIpc) is 3.06. The summed E-state index contributed by atoms with van der Waals surface area (Å²) in [5.41, 5.74) is 8.17. The zero-order valence-electron chi connectivity index (χ0n) is 13.7. The van der Waals surface area contributed by atoms with Gasteiger partial charge in [-0.05, 0) is 17.2 Å². The number of carboxylic acids is 1. The number of para-hydroxylation sites is 1. The predicted octanol–water partition coefficient (Wildman–Crippen LogP) is 2.71. The molecule has 6 heteroatoms. The molecule has 0 saturated carbocycles. The Bertz CT molecular complexity index is 763. The van der Waals surface area contributed by atoms with Crippen LogP contribution in [-0.2, 0) is 16.1 Å². The molecule has 25 heavy (non-hydrogen) atoms. The number of ether oxygens (including phenoxy) is 1. The van der Waals surface area contributed by atoms with E-state index < -0.39 is 18.0 Å². The van der Waals surface area contributed by atoms with E-state index in [1.165, 1.54) is 4.90 Å². The van der Waals surface area contributed by atoms with E-state index in [-0.39, 0.29) is 25.6 Å². The standard InChI is InChI=1S/C19H20N2O4/c20-17-9-5-4-8-14(17)15-10-21(11-16(15)18(22)23)19(24)25-12-13-6-2-1-3-7-13/h1-9,15-16H,10-12,20H2,(H,22,23). The third-order valence-corrected chi connectivity index (χ3v) is 4.50. The number of hydrogen-bond donors (Lipinski definition) is 2. The van der Waals surface area contributed by atoms with Gasteiger partial charge in [0.1, 0.15) is 6.61 Å². The summed E-state index contributed by atoms with van der Waals surface area (Å²) in [7, 11) is 0. The van der Waals surface area contributed by atoms with Crippen molar-refractivity contribution < 1.29 is 19.4 Å². The van der Waals surface area contributed by atoms with Gasteiger partial charge in [0.25, 0.3) is 0 Å². The van der Waals surface area contributed by atoms with Gasteiger partial charge in [-0.1, -0.05) is 48.5 Å². The molecule has 2 atom stereocenters. The van der Waals surface area contributed by atoms with Gasteiger partial charge >= 0.3 is 12.1 Å². The Labute approximate surface area is 145 Å². The first-order chi connectivity index (χ1) is 12.1. The molecular formula is C19H20N2O4. The Morgan fingerprint density at radius 2 is 1.76 bits per heavy atom. The smallest absolute Gasteiger partial charge is 0.410 e. The fourth-order valence-corrected chi connectivity index (χ4v) is 3.18. The molecule has 1 amide bonds. The predicted molar refractivity (Wildman–Crippen MR) is 92.9 cm³/mol. The van der Waals surface area contributed by atoms with Crippen molar-refractivity contribution in [2.75, 3.05) is 18.8 Å². The Hall–Kier alpha value is -3.02. The summed E-state index contributed by atoms with van der Waals surface area (Å²) in [5, 5.41) is 9.52. The number of rotatable bonds is 4. The van der Waals surface area contributed by atoms with E-state index in [0.717, 1.165) is 11.1 Å². The van der Waals surface area contributed by atoms with Gasteiger partial charge in [0.2, 0.25) is 0 Å². The highest BCUT2D eigenvalue weighted by Crippen LogP contribution is 2.36. The Morgan fingerprint density at radius 3 is 2.44 bits per heavy atom. The number of carboxylic acid groups (broad SMARTS) is 1. The van der Waals surface area contributed by atoms with E-state index in [1.54, 1.807) is 12.1 Å². The monoisotopic (exact) mass is 340 g/mol. The van der Waals surface area contributed by atoms with Gasteiger partial charge in [-0.2, -0.15) is 0 Å². The maximum Gasteiger partial charge on any atom is 0.410 e. The van der Waals surface area contributed by atoms with Crippen LogP contribution in [0.1, 0.15) is 17.0 Å². The summed E-state index contributed by atoms with van der Waals surface area (Å²) in [6.45, 7) is 0.548. The van der Waals surface area contributed by atoms with Crippen LogP contribution in [0.2, 0.25) is 0 Å². The lowest BCUT2D eigenvalue weighted by molar-refractivity contribution is -0.141. The molecule has 0 aliphatic carbocycles. The molecule has 1 aliphatic rings. The van der Waals surface area contributed by atoms with Crippen LogP contribution >= 0.6 is 0 Å². The second kappa shape index (κ2) is 7.25. The lowest BCUT2D eigenvalue weighted by Crippen LogP contribution is -2.30. The average molecular weight is 340 g/mol. The van der Waals surface area contributed by atoms with E-state index in [0.29, 0.717) is 5.69 Å². The largest absolute Gasteiger partial charge is 0.481 e. The maximum absolute atomic E-state index is 12.3. The van der Waals surface area contributed by atoms with Gasteiger partial charge in [-0.25, -0.2) is 4.79 Å². The number of nitrogens with two attached hydrogens (primary N) is 1. The number of nitrogen functional groups attached to an aromatic ring is 1. The Morgan fingerprint density at radius 1 is 1.08 bits per heavy atom. The minimum atomic E-state index is -0.938. The second-order valence-electron chi connectivity index (χ2n) is 6.13. The van der Waals surface area contributed by atoms with Crippen LogP contribution in [0.3, 0.4) is 0 Å². The SMILES string of the molecule is Nc1ccccc1C1CN(C(=O)OCc2ccccc2)CC1C(=O)O. The molecule has 130 valence electrons. The molecular weight excluding hydrogens is 320 g/mol. The first-order valence-electron chi connectivity index (χ1n) is 8.09. The third kappa shape index (κ3) is 3.74. The van der Waals surface area contributed by atoms with E-state index in [4.69, 9.17) is 10.5 Å². The molecule has 1 saturated heterocycles. The summed E-state index contributed by atoms with van der Waals surface area (Å²) in [4.78, 5) is 25.4. The van der Waals surface area contributed by atoms with Gasteiger partial charge in [-0.15, -0.1) is 0 Å². The highest BCUT2D eigenvalue weighted by molar-refractivity contribution is 5.76. The maximum atomic E-state index is 12.3. The summed E-state index contributed by atoms with van der Waals surface area (Å²) in [6, 6.07) is 16.5. The highest BCUT2D eigenvalue weighted by atomic mass is 16.6. The van der Waals surface area contributed by atoms with Crippen LogP contribution in [0.4, 0.5) is 10.5 Å². The van der Waals surface area contributed by atoms with Gasteiger partial charge in [0.05, 0.1) is 5.92 Å². The van der Waals surface area contributed by atoms with Crippen molar-refractivity contribution in [3.8, 4) is 0 Å². The van der Waals surface area contributed by atoms with Crippen molar-refractivity contribution in [3.05, 3.63) is 65.7 Å². The van der Waals surface area contributed by atoms with Gasteiger partial charge in [0, 0.05) is 24.7 Å². The molecule has 2 unspecified atom stereocenters. The Balaban J connectivity index is 1.70. The fraction of sp³-hybridized carbons (Fsp3) is 0.263. The number of nitrogens with zero attached hydrogens (tertiary/aromatic N) is 1. The topological polar surface area (TPSA) is 92.9 Å². The first-order valence-corrected chi connectivity index (χ1v) is 8.09. The van der Waals surface area contributed by atoms with Crippen molar-refractivity contribution >= 4 is 17.7 Å². The van der Waals surface area contributed by atoms with E-state index >= 15 is 0 Å². The highest BCUT2D eigenvalue weighted by Gasteiger charge is 2.41. The Kier molecular flexibility index (Phi) is 4.88. The lowest BCUT2D eigenvalue weighted by Gasteiger charge is -2.17. The summed E-state index contributed by atoms with van der Waals surface area (Å²) < 4.78 is 5.32. The number of aliphatic carboxylic acids is 1. The first kappa shape index (κ1) is 16.8. The molecule has 1 heterocycles. The van der Waals surface area contributed by atoms with Crippen LogP contribution in [0.25, 0.3) is 0 Å². The number of carbonyl (C=O) groups is 2. The summed E-state index contributed by atoms with van der Waals surface area (Å²) >= 11 is 0. The van der Waals surface area contributed by atoms with Gasteiger partial charge in [0.15, 0.2) is 0 Å². The molecule has 3 N–H and O–H groups in total. The number of likely N-dealkylation sites (tertiary alicyclic amines) is 1. The van der Waals surface area contributed by atoms with Gasteiger partial charge in [-0.3, -0.25) is 4.79 Å². The molecule has 6 nitrogen and oxygen atoms in total. The third-order valence-electron chi connectivity index (χ3n) is 4.50. The minimum Gasteiger partial charge on any atom is -0.481 e. The fourth-order valence-electron chi connectivity index (χ4n) is 3.18. The number of carbonyl (C=O) groups excluding carboxylic acids is 1. The van der Waals surface area contributed by atoms with Gasteiger partial charge < -0.3 is 20.5 Å². The zero-order chi connectivity index (χ0) is 17.8. The summed E-state index contributed by atoms with van der Waals surface area (Å²) in [5.74, 6) is -1.98. The van der Waals surface area contributed by atoms with Crippen molar-refractivity contribution in [1.82, 2.24) is 4.90 Å². The number of amides is 1. The molecule has 0 spiro atoms. The molecule has 3 rings (SSSR count). The van der Waals surface area contributed by atoms with E-state index in [1.807, 2.05) is 42.5 Å². The number of benzene rings is 2. The van der Waals surface area contributed by atoms with Crippen LogP contribution in [-0.4, -0.2) is 35.2 Å². The van der Waals surface area contributed by atoms with Crippen LogP contribution < -0.4 is 5.73 Å². The lowest BCUT2D eigenvalue weighted by atomic mass is 9.88. The molecule has 2 aromatic carbocycles. The molecule has 1 fully saturated rings.